The molecule has 1 aliphatic rings. The molecule has 0 N–H and O–H groups in total. The number of nitrogens with zero attached hydrogens (tertiary/aromatic N) is 5. The maximum absolute atomic E-state index is 13.2. The van der Waals surface area contributed by atoms with Crippen molar-refractivity contribution in [3.63, 3.8) is 0 Å². The van der Waals surface area contributed by atoms with Gasteiger partial charge in [0.25, 0.3) is 5.56 Å². The third kappa shape index (κ3) is 5.34. The second kappa shape index (κ2) is 10.8. The molecule has 0 aliphatic carbocycles. The van der Waals surface area contributed by atoms with Gasteiger partial charge in [0.05, 0.1) is 34.9 Å². The smallest absolute Gasteiger partial charge is 0.409 e. The molecule has 9 nitrogen and oxygen atoms in total. The predicted octanol–water partition coefficient (Wildman–Crippen LogP) is 3.53. The Morgan fingerprint density at radius 1 is 1.22 bits per heavy atom. The monoisotopic (exact) mass is 507 g/mol. The normalized spacial score (nSPS) is 13.9. The van der Waals surface area contributed by atoms with Crippen LogP contribution in [0.3, 0.4) is 0 Å². The number of nitriles is 1. The highest BCUT2D eigenvalue weighted by Gasteiger charge is 2.24. The Kier molecular flexibility index (Phi) is 7.55. The Morgan fingerprint density at radius 2 is 1.97 bits per heavy atom. The molecule has 0 radical (unpaired) electrons. The van der Waals surface area contributed by atoms with Crippen LogP contribution in [0.4, 0.5) is 4.79 Å². The highest BCUT2D eigenvalue weighted by Crippen LogP contribution is 2.29. The summed E-state index contributed by atoms with van der Waals surface area (Å²) in [4.78, 5) is 45.4. The lowest BCUT2D eigenvalue weighted by molar-refractivity contribution is -0.131. The molecule has 3 aromatic rings. The van der Waals surface area contributed by atoms with E-state index in [1.807, 2.05) is 24.3 Å². The standard InChI is InChI=1S/C26H26ClN5O4/c1-30(14-17-3-4-20(13-28)22(27)11-17)24(33)15-32-16-29-23-6-5-19(12-21(23)25(32)34)18-7-9-31(10-8-18)26(35)36-2/h3-6,11-12,16,18H,7-10,14-15H2,1-2H3. The number of carbonyl (C=O) groups is 2. The predicted molar refractivity (Wildman–Crippen MR) is 135 cm³/mol. The van der Waals surface area contributed by atoms with Crippen LogP contribution in [0.25, 0.3) is 10.9 Å². The lowest BCUT2D eigenvalue weighted by Gasteiger charge is -2.31. The second-order valence-electron chi connectivity index (χ2n) is 8.86. The van der Waals surface area contributed by atoms with E-state index in [0.29, 0.717) is 34.6 Å². The van der Waals surface area contributed by atoms with Gasteiger partial charge in [-0.25, -0.2) is 9.78 Å². The zero-order valence-electron chi connectivity index (χ0n) is 20.1. The molecule has 0 atom stereocenters. The van der Waals surface area contributed by atoms with Crippen molar-refractivity contribution in [2.45, 2.75) is 31.8 Å². The van der Waals surface area contributed by atoms with Crippen LogP contribution < -0.4 is 5.56 Å². The molecule has 0 bridgehead atoms. The van der Waals surface area contributed by atoms with Crippen molar-refractivity contribution >= 4 is 34.5 Å². The third-order valence-electron chi connectivity index (χ3n) is 6.55. The van der Waals surface area contributed by atoms with Crippen molar-refractivity contribution < 1.29 is 14.3 Å². The Bertz CT molecular complexity index is 1410. The topological polar surface area (TPSA) is 109 Å². The van der Waals surface area contributed by atoms with E-state index in [4.69, 9.17) is 21.6 Å². The van der Waals surface area contributed by atoms with E-state index < -0.39 is 0 Å². The first-order valence-corrected chi connectivity index (χ1v) is 11.9. The van der Waals surface area contributed by atoms with Crippen molar-refractivity contribution in [2.24, 2.45) is 0 Å². The molecule has 2 heterocycles. The summed E-state index contributed by atoms with van der Waals surface area (Å²) in [7, 11) is 3.02. The minimum atomic E-state index is -0.323. The molecular weight excluding hydrogens is 482 g/mol. The summed E-state index contributed by atoms with van der Waals surface area (Å²) in [6, 6.07) is 12.7. The minimum absolute atomic E-state index is 0.149. The molecule has 0 saturated carbocycles. The number of benzene rings is 2. The van der Waals surface area contributed by atoms with E-state index in [1.54, 1.807) is 30.1 Å². The lowest BCUT2D eigenvalue weighted by atomic mass is 9.89. The van der Waals surface area contributed by atoms with Gasteiger partial charge in [-0.3, -0.25) is 14.2 Å². The highest BCUT2D eigenvalue weighted by atomic mass is 35.5. The fourth-order valence-corrected chi connectivity index (χ4v) is 4.69. The quantitative estimate of drug-likeness (QED) is 0.522. The number of rotatable bonds is 5. The molecule has 1 fully saturated rings. The van der Waals surface area contributed by atoms with Crippen LogP contribution in [-0.4, -0.2) is 58.6 Å². The maximum Gasteiger partial charge on any atom is 0.409 e. The first-order chi connectivity index (χ1) is 17.3. The molecule has 4 rings (SSSR count). The zero-order valence-corrected chi connectivity index (χ0v) is 20.9. The Labute approximate surface area is 213 Å². The summed E-state index contributed by atoms with van der Waals surface area (Å²) in [5, 5.41) is 9.81. The minimum Gasteiger partial charge on any atom is -0.453 e. The summed E-state index contributed by atoms with van der Waals surface area (Å²) in [6.45, 7) is 1.33. The third-order valence-corrected chi connectivity index (χ3v) is 6.87. The van der Waals surface area contributed by atoms with E-state index in [1.165, 1.54) is 22.9 Å². The van der Waals surface area contributed by atoms with Gasteiger partial charge in [0.15, 0.2) is 0 Å². The van der Waals surface area contributed by atoms with Crippen LogP contribution in [0.2, 0.25) is 5.02 Å². The fourth-order valence-electron chi connectivity index (χ4n) is 4.44. The number of hydrogen-bond acceptors (Lipinski definition) is 6. The number of ether oxygens (including phenoxy) is 1. The van der Waals surface area contributed by atoms with E-state index in [0.717, 1.165) is 24.0 Å². The molecule has 2 amide bonds. The molecule has 2 aromatic carbocycles. The van der Waals surface area contributed by atoms with E-state index in [9.17, 15) is 14.4 Å². The second-order valence-corrected chi connectivity index (χ2v) is 9.27. The molecule has 1 saturated heterocycles. The van der Waals surface area contributed by atoms with Gasteiger partial charge in [-0.2, -0.15) is 5.26 Å². The van der Waals surface area contributed by atoms with E-state index in [2.05, 4.69) is 4.98 Å². The van der Waals surface area contributed by atoms with Crippen LogP contribution >= 0.6 is 11.6 Å². The van der Waals surface area contributed by atoms with Crippen molar-refractivity contribution in [3.8, 4) is 6.07 Å². The Morgan fingerprint density at radius 3 is 2.64 bits per heavy atom. The SMILES string of the molecule is COC(=O)N1CCC(c2ccc3ncn(CC(=O)N(C)Cc4ccc(C#N)c(Cl)c4)c(=O)c3c2)CC1. The van der Waals surface area contributed by atoms with Crippen LogP contribution in [0.5, 0.6) is 0 Å². The number of likely N-dealkylation sites (N-methyl/N-ethyl adjacent to an activating group) is 1. The molecule has 0 unspecified atom stereocenters. The number of amides is 2. The summed E-state index contributed by atoms with van der Waals surface area (Å²) >= 11 is 6.09. The molecule has 1 aromatic heterocycles. The summed E-state index contributed by atoms with van der Waals surface area (Å²) in [5.74, 6) is -0.0413. The number of methoxy groups -OCH3 is 1. The van der Waals surface area contributed by atoms with E-state index >= 15 is 0 Å². The number of likely N-dealkylation sites (tertiary alicyclic amines) is 1. The highest BCUT2D eigenvalue weighted by molar-refractivity contribution is 6.31. The number of aromatic nitrogens is 2. The van der Waals surface area contributed by atoms with Crippen molar-refractivity contribution in [1.29, 1.82) is 5.26 Å². The Hall–Kier alpha value is -3.90. The average molecular weight is 508 g/mol. The van der Waals surface area contributed by atoms with Crippen LogP contribution in [-0.2, 0) is 22.6 Å². The van der Waals surface area contributed by atoms with Crippen molar-refractivity contribution in [3.05, 3.63) is 74.8 Å². The van der Waals surface area contributed by atoms with Gasteiger partial charge in [0, 0.05) is 26.7 Å². The first kappa shape index (κ1) is 25.2. The van der Waals surface area contributed by atoms with Crippen molar-refractivity contribution in [2.75, 3.05) is 27.2 Å². The van der Waals surface area contributed by atoms with Gasteiger partial charge < -0.3 is 14.5 Å². The van der Waals surface area contributed by atoms with Gasteiger partial charge in [0.2, 0.25) is 5.91 Å². The number of hydrogen-bond donors (Lipinski definition) is 0. The maximum atomic E-state index is 13.2. The number of halogens is 1. The van der Waals surface area contributed by atoms with Gasteiger partial charge in [0.1, 0.15) is 12.6 Å². The van der Waals surface area contributed by atoms with Gasteiger partial charge in [-0.15, -0.1) is 0 Å². The lowest BCUT2D eigenvalue weighted by Crippen LogP contribution is -2.37. The zero-order chi connectivity index (χ0) is 25.8. The molecule has 1 aliphatic heterocycles. The van der Waals surface area contributed by atoms with Gasteiger partial charge in [-0.05, 0) is 54.2 Å². The van der Waals surface area contributed by atoms with Crippen LogP contribution in [0, 0.1) is 11.3 Å². The van der Waals surface area contributed by atoms with Gasteiger partial charge >= 0.3 is 6.09 Å². The summed E-state index contributed by atoms with van der Waals surface area (Å²) in [6.07, 6.45) is 2.62. The van der Waals surface area contributed by atoms with E-state index in [-0.39, 0.29) is 36.6 Å². The summed E-state index contributed by atoms with van der Waals surface area (Å²) < 4.78 is 6.12. The number of piperidine rings is 1. The summed E-state index contributed by atoms with van der Waals surface area (Å²) in [5.41, 5.74) is 2.46. The van der Waals surface area contributed by atoms with Crippen molar-refractivity contribution in [1.82, 2.24) is 19.4 Å². The molecule has 36 heavy (non-hydrogen) atoms. The molecular formula is C26H26ClN5O4. The van der Waals surface area contributed by atoms with Crippen LogP contribution in [0.15, 0.2) is 47.5 Å². The number of carbonyl (C=O) groups excluding carboxylic acids is 2. The van der Waals surface area contributed by atoms with Crippen LogP contribution in [0.1, 0.15) is 35.4 Å². The number of fused-ring (bicyclic) bond motifs is 1. The molecule has 186 valence electrons. The first-order valence-electron chi connectivity index (χ1n) is 11.5. The largest absolute Gasteiger partial charge is 0.453 e. The Balaban J connectivity index is 1.48. The van der Waals surface area contributed by atoms with Gasteiger partial charge in [-0.1, -0.05) is 23.7 Å². The molecule has 0 spiro atoms. The average Bonchev–Trinajstić information content (AvgIpc) is 2.89. The molecule has 10 heteroatoms. The fraction of sp³-hybridized carbons (Fsp3) is 0.346.